The molecule has 9 heteroatoms. The second kappa shape index (κ2) is 7.73. The first-order chi connectivity index (χ1) is 12.4. The molecule has 1 saturated heterocycles. The molecule has 1 aliphatic rings. The van der Waals surface area contributed by atoms with Crippen LogP contribution in [0.2, 0.25) is 0 Å². The molecule has 2 aromatic rings. The van der Waals surface area contributed by atoms with Crippen LogP contribution in [0.25, 0.3) is 0 Å². The van der Waals surface area contributed by atoms with Crippen molar-refractivity contribution in [3.8, 4) is 5.75 Å². The number of benzene rings is 1. The Hall–Kier alpha value is -1.97. The predicted molar refractivity (Wildman–Crippen MR) is 94.5 cm³/mol. The summed E-state index contributed by atoms with van der Waals surface area (Å²) in [6, 6.07) is 7.81. The number of aromatic nitrogens is 2. The average Bonchev–Trinajstić information content (AvgIpc) is 3.09. The molecule has 26 heavy (non-hydrogen) atoms. The van der Waals surface area contributed by atoms with E-state index in [9.17, 15) is 8.42 Å². The number of hydrogen-bond donors (Lipinski definition) is 0. The third-order valence-electron chi connectivity index (χ3n) is 4.41. The fourth-order valence-corrected chi connectivity index (χ4v) is 3.81. The van der Waals surface area contributed by atoms with Crippen LogP contribution >= 0.6 is 0 Å². The summed E-state index contributed by atoms with van der Waals surface area (Å²) < 4.78 is 41.6. The molecule has 0 bridgehead atoms. The molecule has 1 aliphatic heterocycles. The Bertz CT molecular complexity index is 852. The van der Waals surface area contributed by atoms with Gasteiger partial charge in [0.1, 0.15) is 11.9 Å². The van der Waals surface area contributed by atoms with Crippen molar-refractivity contribution in [2.24, 2.45) is 0 Å². The number of para-hydroxylation sites is 1. The van der Waals surface area contributed by atoms with Crippen LogP contribution in [0.15, 0.2) is 28.7 Å². The summed E-state index contributed by atoms with van der Waals surface area (Å²) in [7, 11) is -1.63. The van der Waals surface area contributed by atoms with E-state index in [-0.39, 0.29) is 12.5 Å². The van der Waals surface area contributed by atoms with Crippen LogP contribution in [0.1, 0.15) is 36.3 Å². The maximum atomic E-state index is 11.7. The van der Waals surface area contributed by atoms with Gasteiger partial charge in [-0.3, -0.25) is 0 Å². The summed E-state index contributed by atoms with van der Waals surface area (Å²) in [6.45, 7) is 2.88. The summed E-state index contributed by atoms with van der Waals surface area (Å²) in [4.78, 5) is 0. The molecular weight excluding hydrogens is 358 g/mol. The number of ether oxygens (including phenoxy) is 2. The molecule has 0 amide bonds. The molecule has 8 nitrogen and oxygen atoms in total. The highest BCUT2D eigenvalue weighted by Gasteiger charge is 2.31. The standard InChI is InChI=1S/C17H23N3O5S/c1-12(13-6-4-5-7-14(13)23-2)10-16-18-19-17(25-16)15-11-20(8-9-24-15)26(3,21)22/h4-7,12,15H,8-11H2,1-3H3. The monoisotopic (exact) mass is 381 g/mol. The third-order valence-corrected chi connectivity index (χ3v) is 5.68. The maximum Gasteiger partial charge on any atom is 0.246 e. The van der Waals surface area contributed by atoms with Crippen LogP contribution in [0, 0.1) is 0 Å². The molecule has 2 atom stereocenters. The Morgan fingerprint density at radius 3 is 2.85 bits per heavy atom. The lowest BCUT2D eigenvalue weighted by Gasteiger charge is -2.29. The van der Waals surface area contributed by atoms with E-state index in [1.165, 1.54) is 10.6 Å². The van der Waals surface area contributed by atoms with E-state index in [0.29, 0.717) is 31.4 Å². The van der Waals surface area contributed by atoms with Crippen LogP contribution in [0.4, 0.5) is 0 Å². The van der Waals surface area contributed by atoms with E-state index in [2.05, 4.69) is 17.1 Å². The lowest BCUT2D eigenvalue weighted by atomic mass is 9.97. The third kappa shape index (κ3) is 4.22. The summed E-state index contributed by atoms with van der Waals surface area (Å²) in [6.07, 6.45) is 1.20. The highest BCUT2D eigenvalue weighted by atomic mass is 32.2. The first kappa shape index (κ1) is 18.8. The van der Waals surface area contributed by atoms with Gasteiger partial charge in [0.05, 0.1) is 20.0 Å². The van der Waals surface area contributed by atoms with Crippen LogP contribution in [0.5, 0.6) is 5.75 Å². The van der Waals surface area contributed by atoms with Gasteiger partial charge in [-0.1, -0.05) is 25.1 Å². The Morgan fingerprint density at radius 2 is 2.12 bits per heavy atom. The van der Waals surface area contributed by atoms with Gasteiger partial charge < -0.3 is 13.9 Å². The molecule has 3 rings (SSSR count). The highest BCUT2D eigenvalue weighted by molar-refractivity contribution is 7.88. The predicted octanol–water partition coefficient (Wildman–Crippen LogP) is 1.76. The number of hydrogen-bond acceptors (Lipinski definition) is 7. The number of rotatable bonds is 6. The summed E-state index contributed by atoms with van der Waals surface area (Å²) in [5, 5.41) is 8.15. The Labute approximate surface area is 153 Å². The molecule has 2 heterocycles. The van der Waals surface area contributed by atoms with Crippen molar-refractivity contribution in [1.29, 1.82) is 0 Å². The van der Waals surface area contributed by atoms with E-state index in [0.717, 1.165) is 11.3 Å². The van der Waals surface area contributed by atoms with Gasteiger partial charge in [-0.25, -0.2) is 8.42 Å². The smallest absolute Gasteiger partial charge is 0.246 e. The Kier molecular flexibility index (Phi) is 5.59. The van der Waals surface area contributed by atoms with Crippen molar-refractivity contribution < 1.29 is 22.3 Å². The van der Waals surface area contributed by atoms with Gasteiger partial charge in [0.2, 0.25) is 21.8 Å². The fraction of sp³-hybridized carbons (Fsp3) is 0.529. The quantitative estimate of drug-likeness (QED) is 0.752. The molecule has 1 aromatic heterocycles. The average molecular weight is 381 g/mol. The van der Waals surface area contributed by atoms with Crippen LogP contribution < -0.4 is 4.74 Å². The minimum atomic E-state index is -3.27. The lowest BCUT2D eigenvalue weighted by molar-refractivity contribution is -0.0176. The molecule has 1 aromatic carbocycles. The van der Waals surface area contributed by atoms with E-state index in [1.807, 2.05) is 24.3 Å². The van der Waals surface area contributed by atoms with Crippen molar-refractivity contribution in [3.63, 3.8) is 0 Å². The van der Waals surface area contributed by atoms with Crippen molar-refractivity contribution >= 4 is 10.0 Å². The Balaban J connectivity index is 1.70. The topological polar surface area (TPSA) is 94.8 Å². The summed E-state index contributed by atoms with van der Waals surface area (Å²) in [5.74, 6) is 1.73. The van der Waals surface area contributed by atoms with E-state index >= 15 is 0 Å². The van der Waals surface area contributed by atoms with Gasteiger partial charge in [0, 0.05) is 19.5 Å². The van der Waals surface area contributed by atoms with E-state index < -0.39 is 16.1 Å². The number of methoxy groups -OCH3 is 1. The minimum absolute atomic E-state index is 0.124. The van der Waals surface area contributed by atoms with Gasteiger partial charge >= 0.3 is 0 Å². The second-order valence-electron chi connectivity index (χ2n) is 6.36. The summed E-state index contributed by atoms with van der Waals surface area (Å²) >= 11 is 0. The molecule has 0 aliphatic carbocycles. The van der Waals surface area contributed by atoms with Crippen LogP contribution in [-0.2, 0) is 21.2 Å². The normalized spacial score (nSPS) is 20.0. The molecule has 142 valence electrons. The lowest BCUT2D eigenvalue weighted by Crippen LogP contribution is -2.41. The Morgan fingerprint density at radius 1 is 1.35 bits per heavy atom. The van der Waals surface area contributed by atoms with Gasteiger partial charge in [-0.05, 0) is 17.5 Å². The number of sulfonamides is 1. The largest absolute Gasteiger partial charge is 0.496 e. The van der Waals surface area contributed by atoms with Gasteiger partial charge in [-0.15, -0.1) is 10.2 Å². The number of morpholine rings is 1. The highest BCUT2D eigenvalue weighted by Crippen LogP contribution is 2.29. The molecule has 0 radical (unpaired) electrons. The fourth-order valence-electron chi connectivity index (χ4n) is 3.00. The van der Waals surface area contributed by atoms with Gasteiger partial charge in [0.15, 0.2) is 0 Å². The zero-order valence-corrected chi connectivity index (χ0v) is 15.9. The zero-order valence-electron chi connectivity index (χ0n) is 15.1. The first-order valence-corrected chi connectivity index (χ1v) is 10.2. The molecule has 1 fully saturated rings. The SMILES string of the molecule is COc1ccccc1C(C)Cc1nnc(C2CN(S(C)(=O)=O)CCO2)o1. The summed E-state index contributed by atoms with van der Waals surface area (Å²) in [5.41, 5.74) is 1.06. The maximum absolute atomic E-state index is 11.7. The van der Waals surface area contributed by atoms with E-state index in [4.69, 9.17) is 13.9 Å². The molecule has 0 spiro atoms. The molecule has 0 saturated carbocycles. The second-order valence-corrected chi connectivity index (χ2v) is 8.34. The molecule has 0 N–H and O–H groups in total. The number of nitrogens with zero attached hydrogens (tertiary/aromatic N) is 3. The van der Waals surface area contributed by atoms with Crippen molar-refractivity contribution in [1.82, 2.24) is 14.5 Å². The van der Waals surface area contributed by atoms with Gasteiger partial charge in [0.25, 0.3) is 0 Å². The van der Waals surface area contributed by atoms with Crippen LogP contribution in [0.3, 0.4) is 0 Å². The molecular formula is C17H23N3O5S. The van der Waals surface area contributed by atoms with Gasteiger partial charge in [-0.2, -0.15) is 4.31 Å². The van der Waals surface area contributed by atoms with Crippen molar-refractivity contribution in [2.45, 2.75) is 25.4 Å². The minimum Gasteiger partial charge on any atom is -0.496 e. The van der Waals surface area contributed by atoms with Crippen molar-refractivity contribution in [3.05, 3.63) is 41.6 Å². The van der Waals surface area contributed by atoms with Crippen LogP contribution in [-0.4, -0.2) is 56.0 Å². The van der Waals surface area contributed by atoms with Crippen molar-refractivity contribution in [2.75, 3.05) is 33.1 Å². The first-order valence-electron chi connectivity index (χ1n) is 8.40. The zero-order chi connectivity index (χ0) is 18.7. The molecule has 2 unspecified atom stereocenters. The van der Waals surface area contributed by atoms with E-state index in [1.54, 1.807) is 7.11 Å².